The number of carbonyl (C=O) groups is 1. The Hall–Kier alpha value is -2.38. The average Bonchev–Trinajstić information content (AvgIpc) is 3.15. The quantitative estimate of drug-likeness (QED) is 0.452. The first-order valence-electron chi connectivity index (χ1n) is 10.4. The standard InChI is InChI=1S/C24H23BrN4OS/c1-14-6-7-17(15(2)12-14)13-31-24-27-23-26-19-4-3-5-20(30)21(19)22(29(23)28-24)16-8-10-18(25)11-9-16/h6-12,22H,3-5,13H2,1-2H3,(H,26,27,28)/t22-/m1/s1. The molecule has 1 atom stereocenters. The first kappa shape index (κ1) is 20.5. The van der Waals surface area contributed by atoms with Gasteiger partial charge >= 0.3 is 0 Å². The first-order chi connectivity index (χ1) is 15.0. The summed E-state index contributed by atoms with van der Waals surface area (Å²) in [6, 6.07) is 14.4. The average molecular weight is 495 g/mol. The lowest BCUT2D eigenvalue weighted by Crippen LogP contribution is -2.31. The third-order valence-corrected chi connectivity index (χ3v) is 7.30. The summed E-state index contributed by atoms with van der Waals surface area (Å²) in [6.07, 6.45) is 2.33. The fourth-order valence-corrected chi connectivity index (χ4v) is 5.47. The summed E-state index contributed by atoms with van der Waals surface area (Å²) in [4.78, 5) is 17.7. The van der Waals surface area contributed by atoms with Gasteiger partial charge in [0, 0.05) is 27.9 Å². The van der Waals surface area contributed by atoms with Crippen LogP contribution in [0.25, 0.3) is 0 Å². The van der Waals surface area contributed by atoms with E-state index in [1.54, 1.807) is 11.8 Å². The monoisotopic (exact) mass is 494 g/mol. The third kappa shape index (κ3) is 3.96. The summed E-state index contributed by atoms with van der Waals surface area (Å²) in [5.41, 5.74) is 6.71. The number of halogens is 1. The zero-order valence-electron chi connectivity index (χ0n) is 17.5. The molecule has 1 aliphatic carbocycles. The molecule has 0 unspecified atom stereocenters. The van der Waals surface area contributed by atoms with Gasteiger partial charge in [0.05, 0.1) is 0 Å². The lowest BCUT2D eigenvalue weighted by atomic mass is 9.85. The summed E-state index contributed by atoms with van der Waals surface area (Å²) in [6.45, 7) is 4.25. The fourth-order valence-electron chi connectivity index (χ4n) is 4.30. The largest absolute Gasteiger partial charge is 0.328 e. The number of ketones is 1. The number of allylic oxidation sites excluding steroid dienone is 2. The molecule has 0 saturated carbocycles. The number of anilines is 1. The highest BCUT2D eigenvalue weighted by atomic mass is 79.9. The molecular formula is C24H23BrN4OS. The molecule has 31 heavy (non-hydrogen) atoms. The van der Waals surface area contributed by atoms with Crippen molar-refractivity contribution in [2.24, 2.45) is 0 Å². The summed E-state index contributed by atoms with van der Waals surface area (Å²) in [7, 11) is 0. The topological polar surface area (TPSA) is 59.8 Å². The Bertz CT molecular complexity index is 1200. The van der Waals surface area contributed by atoms with E-state index in [0.29, 0.717) is 12.4 Å². The molecule has 0 radical (unpaired) electrons. The van der Waals surface area contributed by atoms with Crippen molar-refractivity contribution in [2.45, 2.75) is 50.1 Å². The molecule has 158 valence electrons. The second-order valence-corrected chi connectivity index (χ2v) is 9.99. The van der Waals surface area contributed by atoms with Crippen molar-refractivity contribution in [3.8, 4) is 0 Å². The second kappa shape index (κ2) is 8.28. The lowest BCUT2D eigenvalue weighted by molar-refractivity contribution is -0.116. The molecule has 0 fully saturated rings. The van der Waals surface area contributed by atoms with Crippen LogP contribution >= 0.6 is 27.7 Å². The highest BCUT2D eigenvalue weighted by molar-refractivity contribution is 9.10. The van der Waals surface area contributed by atoms with Crippen molar-refractivity contribution < 1.29 is 4.79 Å². The van der Waals surface area contributed by atoms with Crippen LogP contribution in [-0.2, 0) is 10.5 Å². The Kier molecular flexibility index (Phi) is 5.48. The zero-order valence-corrected chi connectivity index (χ0v) is 19.9. The van der Waals surface area contributed by atoms with Gasteiger partial charge in [0.15, 0.2) is 5.78 Å². The SMILES string of the molecule is Cc1ccc(CSc2nc3n(n2)[C@H](c2ccc(Br)cc2)C2=C(CCCC2=O)N3)c(C)c1. The highest BCUT2D eigenvalue weighted by Crippen LogP contribution is 2.41. The predicted octanol–water partition coefficient (Wildman–Crippen LogP) is 5.97. The predicted molar refractivity (Wildman–Crippen MR) is 127 cm³/mol. The van der Waals surface area contributed by atoms with Gasteiger partial charge < -0.3 is 5.32 Å². The van der Waals surface area contributed by atoms with Crippen molar-refractivity contribution in [1.29, 1.82) is 0 Å². The molecule has 2 heterocycles. The zero-order chi connectivity index (χ0) is 21.5. The van der Waals surface area contributed by atoms with Gasteiger partial charge in [-0.1, -0.05) is 63.6 Å². The molecule has 5 nitrogen and oxygen atoms in total. The minimum Gasteiger partial charge on any atom is -0.328 e. The van der Waals surface area contributed by atoms with Crippen LogP contribution in [0, 0.1) is 13.8 Å². The molecule has 1 aliphatic heterocycles. The minimum absolute atomic E-state index is 0.201. The van der Waals surface area contributed by atoms with Crippen LogP contribution in [0.5, 0.6) is 0 Å². The molecular weight excluding hydrogens is 472 g/mol. The van der Waals surface area contributed by atoms with Crippen molar-refractivity contribution in [3.05, 3.63) is 80.5 Å². The molecule has 0 saturated heterocycles. The summed E-state index contributed by atoms with van der Waals surface area (Å²) < 4.78 is 2.90. The maximum atomic E-state index is 12.9. The number of nitrogens with one attached hydrogen (secondary N) is 1. The van der Waals surface area contributed by atoms with Crippen LogP contribution in [-0.4, -0.2) is 20.5 Å². The number of thioether (sulfide) groups is 1. The molecule has 0 amide bonds. The number of hydrogen-bond acceptors (Lipinski definition) is 5. The maximum Gasteiger partial charge on any atom is 0.227 e. The number of aryl methyl sites for hydroxylation is 2. The van der Waals surface area contributed by atoms with Crippen LogP contribution in [0.3, 0.4) is 0 Å². The molecule has 0 spiro atoms. The number of fused-ring (bicyclic) bond motifs is 1. The van der Waals surface area contributed by atoms with E-state index in [1.165, 1.54) is 16.7 Å². The Morgan fingerprint density at radius 3 is 2.74 bits per heavy atom. The van der Waals surface area contributed by atoms with Gasteiger partial charge in [-0.05, 0) is 55.5 Å². The lowest BCUT2D eigenvalue weighted by Gasteiger charge is -2.32. The number of hydrogen-bond donors (Lipinski definition) is 1. The van der Waals surface area contributed by atoms with Crippen molar-refractivity contribution >= 4 is 39.4 Å². The molecule has 5 rings (SSSR count). The number of benzene rings is 2. The second-order valence-electron chi connectivity index (χ2n) is 8.13. The maximum absolute atomic E-state index is 12.9. The van der Waals surface area contributed by atoms with E-state index in [-0.39, 0.29) is 11.8 Å². The fraction of sp³-hybridized carbons (Fsp3) is 0.292. The molecule has 7 heteroatoms. The van der Waals surface area contributed by atoms with Gasteiger partial charge in [-0.3, -0.25) is 4.79 Å². The Balaban J connectivity index is 1.49. The molecule has 0 bridgehead atoms. The van der Waals surface area contributed by atoms with E-state index in [2.05, 4.69) is 65.4 Å². The Morgan fingerprint density at radius 1 is 1.16 bits per heavy atom. The first-order valence-corrected chi connectivity index (χ1v) is 12.2. The molecule has 3 aromatic rings. The number of nitrogens with zero attached hydrogens (tertiary/aromatic N) is 3. The van der Waals surface area contributed by atoms with Crippen LogP contribution in [0.1, 0.15) is 47.6 Å². The molecule has 1 aromatic heterocycles. The summed E-state index contributed by atoms with van der Waals surface area (Å²) >= 11 is 5.14. The summed E-state index contributed by atoms with van der Waals surface area (Å²) in [5.74, 6) is 1.72. The van der Waals surface area contributed by atoms with Crippen molar-refractivity contribution in [3.63, 3.8) is 0 Å². The van der Waals surface area contributed by atoms with Crippen molar-refractivity contribution in [1.82, 2.24) is 14.8 Å². The van der Waals surface area contributed by atoms with Gasteiger partial charge in [0.2, 0.25) is 11.1 Å². The molecule has 1 N–H and O–H groups in total. The van der Waals surface area contributed by atoms with E-state index in [9.17, 15) is 4.79 Å². The smallest absolute Gasteiger partial charge is 0.227 e. The van der Waals surface area contributed by atoms with Crippen LogP contribution in [0.2, 0.25) is 0 Å². The minimum atomic E-state index is -0.241. The van der Waals surface area contributed by atoms with Crippen LogP contribution in [0.15, 0.2) is 63.4 Å². The number of rotatable bonds is 4. The van der Waals surface area contributed by atoms with E-state index in [0.717, 1.165) is 45.1 Å². The summed E-state index contributed by atoms with van der Waals surface area (Å²) in [5, 5.41) is 8.95. The number of aromatic nitrogens is 3. The van der Waals surface area contributed by atoms with E-state index < -0.39 is 0 Å². The number of carbonyl (C=O) groups excluding carboxylic acids is 1. The van der Waals surface area contributed by atoms with Gasteiger partial charge in [-0.2, -0.15) is 4.98 Å². The highest BCUT2D eigenvalue weighted by Gasteiger charge is 2.36. The van der Waals surface area contributed by atoms with Gasteiger partial charge in [-0.15, -0.1) is 5.10 Å². The van der Waals surface area contributed by atoms with E-state index in [4.69, 9.17) is 10.1 Å². The van der Waals surface area contributed by atoms with Crippen LogP contribution < -0.4 is 5.32 Å². The Morgan fingerprint density at radius 2 is 1.97 bits per heavy atom. The van der Waals surface area contributed by atoms with E-state index in [1.807, 2.05) is 16.8 Å². The number of Topliss-reactive ketones (excluding diaryl/α,β-unsaturated/α-hetero) is 1. The molecule has 2 aromatic carbocycles. The third-order valence-electron chi connectivity index (χ3n) is 5.89. The van der Waals surface area contributed by atoms with Gasteiger partial charge in [0.1, 0.15) is 6.04 Å². The molecule has 2 aliphatic rings. The van der Waals surface area contributed by atoms with Crippen LogP contribution in [0.4, 0.5) is 5.95 Å². The van der Waals surface area contributed by atoms with Gasteiger partial charge in [0.25, 0.3) is 0 Å². The van der Waals surface area contributed by atoms with Gasteiger partial charge in [-0.25, -0.2) is 4.68 Å². The van der Waals surface area contributed by atoms with Crippen molar-refractivity contribution in [2.75, 3.05) is 5.32 Å². The Labute approximate surface area is 194 Å². The van der Waals surface area contributed by atoms with E-state index >= 15 is 0 Å². The normalized spacial score (nSPS) is 17.9.